The number of aliphatic hydroxyl groups is 1. The van der Waals surface area contributed by atoms with Crippen molar-refractivity contribution in [3.8, 4) is 17.2 Å². The third-order valence-electron chi connectivity index (χ3n) is 5.73. The number of hydrogen-bond donors (Lipinski definition) is 1. The van der Waals surface area contributed by atoms with Crippen LogP contribution in [0.2, 0.25) is 0 Å². The molecule has 0 saturated carbocycles. The molecule has 1 heterocycles. The number of para-hydroxylation sites is 1. The Morgan fingerprint density at radius 1 is 0.964 bits per heavy atom. The number of piperidine rings is 1. The van der Waals surface area contributed by atoms with Crippen LogP contribution >= 0.6 is 0 Å². The molecule has 0 amide bonds. The van der Waals surface area contributed by atoms with E-state index in [9.17, 15) is 5.11 Å². The molecule has 0 aliphatic carbocycles. The molecule has 1 aliphatic heterocycles. The molecule has 1 fully saturated rings. The summed E-state index contributed by atoms with van der Waals surface area (Å²) in [7, 11) is 5.06. The Morgan fingerprint density at radius 2 is 1.68 bits per heavy atom. The molecule has 1 atom stereocenters. The first-order valence-electron chi connectivity index (χ1n) is 9.88. The summed E-state index contributed by atoms with van der Waals surface area (Å²) < 4.78 is 16.6. The van der Waals surface area contributed by atoms with Gasteiger partial charge >= 0.3 is 0 Å². The predicted molar refractivity (Wildman–Crippen MR) is 110 cm³/mol. The maximum atomic E-state index is 9.50. The van der Waals surface area contributed by atoms with Crippen LogP contribution in [0.3, 0.4) is 0 Å². The van der Waals surface area contributed by atoms with E-state index in [4.69, 9.17) is 14.2 Å². The molecule has 3 rings (SSSR count). The summed E-state index contributed by atoms with van der Waals surface area (Å²) in [5.74, 6) is 2.82. The number of methoxy groups -OCH3 is 3. The van der Waals surface area contributed by atoms with Crippen molar-refractivity contribution in [2.24, 2.45) is 5.92 Å². The van der Waals surface area contributed by atoms with Gasteiger partial charge in [-0.05, 0) is 62.0 Å². The van der Waals surface area contributed by atoms with Crippen LogP contribution in [0, 0.1) is 5.92 Å². The standard InChI is InChI=1S/C23H31NO4/c1-26-19-9-7-17(8-10-19)15-21(24-13-11-18(16-25)12-14-24)20-5-4-6-22(27-2)23(20)28-3/h4-10,18,21,25H,11-16H2,1-3H3. The van der Waals surface area contributed by atoms with E-state index in [1.807, 2.05) is 24.3 Å². The van der Waals surface area contributed by atoms with Crippen LogP contribution < -0.4 is 14.2 Å². The van der Waals surface area contributed by atoms with E-state index in [1.165, 1.54) is 5.56 Å². The summed E-state index contributed by atoms with van der Waals surface area (Å²) in [6.07, 6.45) is 2.90. The van der Waals surface area contributed by atoms with Gasteiger partial charge in [0.1, 0.15) is 5.75 Å². The number of ether oxygens (including phenoxy) is 3. The summed E-state index contributed by atoms with van der Waals surface area (Å²) in [4.78, 5) is 2.51. The van der Waals surface area contributed by atoms with Gasteiger partial charge < -0.3 is 19.3 Å². The van der Waals surface area contributed by atoms with Crippen molar-refractivity contribution in [3.63, 3.8) is 0 Å². The lowest BCUT2D eigenvalue weighted by molar-refractivity contribution is 0.0983. The average Bonchev–Trinajstić information content (AvgIpc) is 2.77. The van der Waals surface area contributed by atoms with Crippen LogP contribution in [0.15, 0.2) is 42.5 Å². The molecule has 28 heavy (non-hydrogen) atoms. The third kappa shape index (κ3) is 4.59. The largest absolute Gasteiger partial charge is 0.497 e. The molecule has 1 unspecified atom stereocenters. The van der Waals surface area contributed by atoms with Crippen molar-refractivity contribution in [1.29, 1.82) is 0 Å². The van der Waals surface area contributed by atoms with E-state index in [0.717, 1.165) is 55.2 Å². The Balaban J connectivity index is 1.92. The summed E-state index contributed by atoms with van der Waals surface area (Å²) in [5.41, 5.74) is 2.39. The summed E-state index contributed by atoms with van der Waals surface area (Å²) in [6.45, 7) is 2.21. The molecule has 1 aliphatic rings. The number of nitrogens with zero attached hydrogens (tertiary/aromatic N) is 1. The lowest BCUT2D eigenvalue weighted by atomic mass is 9.91. The van der Waals surface area contributed by atoms with Crippen LogP contribution in [-0.2, 0) is 6.42 Å². The first kappa shape index (κ1) is 20.5. The zero-order valence-corrected chi connectivity index (χ0v) is 17.1. The van der Waals surface area contributed by atoms with Crippen molar-refractivity contribution < 1.29 is 19.3 Å². The molecular formula is C23H31NO4. The fourth-order valence-electron chi connectivity index (χ4n) is 4.04. The van der Waals surface area contributed by atoms with E-state index in [1.54, 1.807) is 21.3 Å². The van der Waals surface area contributed by atoms with Crippen molar-refractivity contribution in [2.75, 3.05) is 41.0 Å². The highest BCUT2D eigenvalue weighted by molar-refractivity contribution is 5.48. The van der Waals surface area contributed by atoms with Gasteiger partial charge in [0.25, 0.3) is 0 Å². The summed E-state index contributed by atoms with van der Waals surface area (Å²) in [6, 6.07) is 14.5. The number of likely N-dealkylation sites (tertiary alicyclic amines) is 1. The monoisotopic (exact) mass is 385 g/mol. The van der Waals surface area contributed by atoms with Crippen molar-refractivity contribution in [1.82, 2.24) is 4.90 Å². The van der Waals surface area contributed by atoms with Gasteiger partial charge in [0.15, 0.2) is 11.5 Å². The van der Waals surface area contributed by atoms with Gasteiger partial charge in [-0.2, -0.15) is 0 Å². The molecule has 0 spiro atoms. The van der Waals surface area contributed by atoms with Crippen LogP contribution in [0.5, 0.6) is 17.2 Å². The predicted octanol–water partition coefficient (Wildman–Crippen LogP) is 3.70. The van der Waals surface area contributed by atoms with Gasteiger partial charge in [0.2, 0.25) is 0 Å². The second kappa shape index (κ2) is 9.80. The van der Waals surface area contributed by atoms with E-state index < -0.39 is 0 Å². The van der Waals surface area contributed by atoms with Gasteiger partial charge in [0.05, 0.1) is 21.3 Å². The minimum absolute atomic E-state index is 0.179. The Hall–Kier alpha value is -2.24. The number of aliphatic hydroxyl groups excluding tert-OH is 1. The maximum Gasteiger partial charge on any atom is 0.165 e. The first-order valence-corrected chi connectivity index (χ1v) is 9.88. The summed E-state index contributed by atoms with van der Waals surface area (Å²) in [5, 5.41) is 9.50. The van der Waals surface area contributed by atoms with Gasteiger partial charge in [-0.1, -0.05) is 24.3 Å². The van der Waals surface area contributed by atoms with E-state index in [2.05, 4.69) is 23.1 Å². The number of benzene rings is 2. The molecule has 1 saturated heterocycles. The Bertz CT molecular complexity index is 739. The van der Waals surface area contributed by atoms with E-state index in [-0.39, 0.29) is 12.6 Å². The molecule has 152 valence electrons. The quantitative estimate of drug-likeness (QED) is 0.751. The molecular weight excluding hydrogens is 354 g/mol. The third-order valence-corrected chi connectivity index (χ3v) is 5.73. The average molecular weight is 386 g/mol. The van der Waals surface area contributed by atoms with Gasteiger partial charge in [-0.15, -0.1) is 0 Å². The molecule has 5 nitrogen and oxygen atoms in total. The fraction of sp³-hybridized carbons (Fsp3) is 0.478. The highest BCUT2D eigenvalue weighted by atomic mass is 16.5. The minimum atomic E-state index is 0.179. The van der Waals surface area contributed by atoms with Crippen molar-refractivity contribution in [2.45, 2.75) is 25.3 Å². The van der Waals surface area contributed by atoms with Gasteiger partial charge in [-0.25, -0.2) is 0 Å². The molecule has 5 heteroatoms. The zero-order chi connectivity index (χ0) is 19.9. The normalized spacial score (nSPS) is 16.6. The SMILES string of the molecule is COc1ccc(CC(c2cccc(OC)c2OC)N2CCC(CO)CC2)cc1. The van der Waals surface area contributed by atoms with Crippen LogP contribution in [0.25, 0.3) is 0 Å². The molecule has 0 radical (unpaired) electrons. The first-order chi connectivity index (χ1) is 13.7. The Kier molecular flexibility index (Phi) is 7.18. The van der Waals surface area contributed by atoms with Crippen LogP contribution in [-0.4, -0.2) is 51.0 Å². The molecule has 2 aromatic carbocycles. The lowest BCUT2D eigenvalue weighted by Gasteiger charge is -2.38. The molecule has 0 bridgehead atoms. The Morgan fingerprint density at radius 3 is 2.25 bits per heavy atom. The van der Waals surface area contributed by atoms with Crippen molar-refractivity contribution >= 4 is 0 Å². The molecule has 2 aromatic rings. The number of hydrogen-bond acceptors (Lipinski definition) is 5. The topological polar surface area (TPSA) is 51.2 Å². The van der Waals surface area contributed by atoms with Crippen molar-refractivity contribution in [3.05, 3.63) is 53.6 Å². The second-order valence-corrected chi connectivity index (χ2v) is 7.31. The van der Waals surface area contributed by atoms with Crippen LogP contribution in [0.1, 0.15) is 30.0 Å². The van der Waals surface area contributed by atoms with Crippen LogP contribution in [0.4, 0.5) is 0 Å². The highest BCUT2D eigenvalue weighted by Crippen LogP contribution is 2.39. The maximum absolute atomic E-state index is 9.50. The van der Waals surface area contributed by atoms with Gasteiger partial charge in [-0.3, -0.25) is 4.90 Å². The smallest absolute Gasteiger partial charge is 0.165 e. The van der Waals surface area contributed by atoms with E-state index in [0.29, 0.717) is 5.92 Å². The highest BCUT2D eigenvalue weighted by Gasteiger charge is 2.29. The molecule has 1 N–H and O–H groups in total. The number of rotatable bonds is 8. The fourth-order valence-corrected chi connectivity index (χ4v) is 4.04. The van der Waals surface area contributed by atoms with E-state index >= 15 is 0 Å². The minimum Gasteiger partial charge on any atom is -0.497 e. The Labute approximate surface area is 167 Å². The second-order valence-electron chi connectivity index (χ2n) is 7.31. The molecule has 0 aromatic heterocycles. The zero-order valence-electron chi connectivity index (χ0n) is 17.1. The van der Waals surface area contributed by atoms with Gasteiger partial charge in [0, 0.05) is 18.2 Å². The summed E-state index contributed by atoms with van der Waals surface area (Å²) >= 11 is 0. The lowest BCUT2D eigenvalue weighted by Crippen LogP contribution is -2.38.